The molecule has 2 unspecified atom stereocenters. The van der Waals surface area contributed by atoms with Crippen molar-refractivity contribution in [2.75, 3.05) is 45.9 Å². The Kier molecular flexibility index (Phi) is 7.45. The van der Waals surface area contributed by atoms with E-state index in [2.05, 4.69) is 21.9 Å². The topological polar surface area (TPSA) is 65.4 Å². The molecule has 0 amide bonds. The zero-order chi connectivity index (χ0) is 24.0. The second-order valence-electron chi connectivity index (χ2n) is 9.09. The van der Waals surface area contributed by atoms with E-state index in [0.717, 1.165) is 53.5 Å². The monoisotopic (exact) mass is 472 g/mol. The summed E-state index contributed by atoms with van der Waals surface area (Å²) in [6.45, 7) is 4.54. The van der Waals surface area contributed by atoms with Gasteiger partial charge >= 0.3 is 0 Å². The molecule has 6 nitrogen and oxygen atoms in total. The molecule has 0 bridgehead atoms. The predicted molar refractivity (Wildman–Crippen MR) is 139 cm³/mol. The Bertz CT molecular complexity index is 1250. The standard InChI is InChI=1S/C29H32N2O4/c32-24(21-34-27-13-5-9-22-7-1-3-11-25(22)27)19-30-15-17-31(18-16-30)20-29(33)35-28-14-6-10-23-8-2-4-12-26(23)28/h1-14,24,29,32-33H,15-21H2. The number of β-amino-alcohol motifs (C(OH)–C–C–N with tert-alkyl or cyclic N) is 2. The molecule has 1 heterocycles. The number of aliphatic hydroxyl groups excluding tert-OH is 2. The fraction of sp³-hybridized carbons (Fsp3) is 0.310. The normalized spacial score (nSPS) is 16.9. The molecule has 182 valence electrons. The number of ether oxygens (including phenoxy) is 2. The van der Waals surface area contributed by atoms with Gasteiger partial charge in [0.15, 0.2) is 0 Å². The van der Waals surface area contributed by atoms with Crippen molar-refractivity contribution in [3.8, 4) is 11.5 Å². The van der Waals surface area contributed by atoms with Gasteiger partial charge in [-0.1, -0.05) is 72.8 Å². The zero-order valence-electron chi connectivity index (χ0n) is 19.8. The van der Waals surface area contributed by atoms with Gasteiger partial charge in [-0.2, -0.15) is 0 Å². The van der Waals surface area contributed by atoms with Crippen molar-refractivity contribution in [3.05, 3.63) is 84.9 Å². The SMILES string of the molecule is OC(COc1cccc2ccccc12)CN1CCN(CC(O)Oc2cccc3ccccc23)CC1. The van der Waals surface area contributed by atoms with Crippen molar-refractivity contribution < 1.29 is 19.7 Å². The third-order valence-electron chi connectivity index (χ3n) is 6.54. The van der Waals surface area contributed by atoms with Crippen molar-refractivity contribution >= 4 is 21.5 Å². The average Bonchev–Trinajstić information content (AvgIpc) is 2.89. The van der Waals surface area contributed by atoms with Gasteiger partial charge in [-0.25, -0.2) is 0 Å². The smallest absolute Gasteiger partial charge is 0.210 e. The molecule has 0 radical (unpaired) electrons. The molecule has 0 spiro atoms. The lowest BCUT2D eigenvalue weighted by molar-refractivity contribution is -0.0496. The van der Waals surface area contributed by atoms with E-state index in [0.29, 0.717) is 18.8 Å². The highest BCUT2D eigenvalue weighted by atomic mass is 16.6. The Morgan fingerprint density at radius 1 is 0.629 bits per heavy atom. The van der Waals surface area contributed by atoms with Crippen LogP contribution in [0.2, 0.25) is 0 Å². The Morgan fingerprint density at radius 2 is 1.14 bits per heavy atom. The van der Waals surface area contributed by atoms with Crippen molar-refractivity contribution in [2.45, 2.75) is 12.4 Å². The average molecular weight is 473 g/mol. The van der Waals surface area contributed by atoms with Crippen LogP contribution in [0.3, 0.4) is 0 Å². The molecule has 1 saturated heterocycles. The van der Waals surface area contributed by atoms with Gasteiger partial charge in [-0.15, -0.1) is 0 Å². The lowest BCUT2D eigenvalue weighted by atomic mass is 10.1. The van der Waals surface area contributed by atoms with E-state index in [1.807, 2.05) is 72.8 Å². The molecule has 0 aromatic heterocycles. The number of aliphatic hydroxyl groups is 2. The van der Waals surface area contributed by atoms with E-state index in [1.165, 1.54) is 0 Å². The minimum Gasteiger partial charge on any atom is -0.490 e. The Morgan fingerprint density at radius 3 is 1.80 bits per heavy atom. The first-order valence-electron chi connectivity index (χ1n) is 12.2. The van der Waals surface area contributed by atoms with Crippen LogP contribution in [0, 0.1) is 0 Å². The summed E-state index contributed by atoms with van der Waals surface area (Å²) in [4.78, 5) is 4.44. The lowest BCUT2D eigenvalue weighted by Crippen LogP contribution is -2.51. The van der Waals surface area contributed by atoms with Crippen LogP contribution in [0.1, 0.15) is 0 Å². The van der Waals surface area contributed by atoms with E-state index >= 15 is 0 Å². The van der Waals surface area contributed by atoms with Gasteiger partial charge in [0.05, 0.1) is 6.54 Å². The van der Waals surface area contributed by atoms with Gasteiger partial charge in [0.2, 0.25) is 6.29 Å². The van der Waals surface area contributed by atoms with Crippen LogP contribution in [0.25, 0.3) is 21.5 Å². The number of fused-ring (bicyclic) bond motifs is 2. The van der Waals surface area contributed by atoms with Gasteiger partial charge in [0.25, 0.3) is 0 Å². The highest BCUT2D eigenvalue weighted by molar-refractivity contribution is 5.88. The molecule has 1 aliphatic heterocycles. The number of hydrogen-bond donors (Lipinski definition) is 2. The molecule has 1 aliphatic rings. The minimum absolute atomic E-state index is 0.256. The molecule has 2 atom stereocenters. The molecule has 4 aromatic rings. The van der Waals surface area contributed by atoms with E-state index < -0.39 is 12.4 Å². The Labute approximate surface area is 205 Å². The first-order chi connectivity index (χ1) is 17.2. The van der Waals surface area contributed by atoms with E-state index in [1.54, 1.807) is 0 Å². The van der Waals surface area contributed by atoms with Crippen molar-refractivity contribution in [1.82, 2.24) is 9.80 Å². The maximum atomic E-state index is 10.6. The van der Waals surface area contributed by atoms with Crippen LogP contribution in [-0.2, 0) is 0 Å². The van der Waals surface area contributed by atoms with Crippen LogP contribution in [0.15, 0.2) is 84.9 Å². The van der Waals surface area contributed by atoms with E-state index in [-0.39, 0.29) is 6.61 Å². The molecular weight excluding hydrogens is 440 g/mol. The summed E-state index contributed by atoms with van der Waals surface area (Å²) in [5, 5.41) is 25.4. The summed E-state index contributed by atoms with van der Waals surface area (Å²) < 4.78 is 11.8. The van der Waals surface area contributed by atoms with Gasteiger partial charge in [-0.05, 0) is 22.9 Å². The largest absolute Gasteiger partial charge is 0.490 e. The molecule has 0 saturated carbocycles. The molecule has 4 aromatic carbocycles. The third kappa shape index (κ3) is 5.92. The summed E-state index contributed by atoms with van der Waals surface area (Å²) in [5.74, 6) is 1.50. The van der Waals surface area contributed by atoms with E-state index in [9.17, 15) is 10.2 Å². The number of nitrogens with zero attached hydrogens (tertiary/aromatic N) is 2. The second kappa shape index (κ2) is 11.1. The maximum Gasteiger partial charge on any atom is 0.210 e. The summed E-state index contributed by atoms with van der Waals surface area (Å²) in [6.07, 6.45) is -1.46. The van der Waals surface area contributed by atoms with Crippen molar-refractivity contribution in [1.29, 1.82) is 0 Å². The van der Waals surface area contributed by atoms with Gasteiger partial charge in [0, 0.05) is 43.5 Å². The highest BCUT2D eigenvalue weighted by Gasteiger charge is 2.22. The molecule has 2 N–H and O–H groups in total. The maximum absolute atomic E-state index is 10.6. The second-order valence-corrected chi connectivity index (χ2v) is 9.09. The molecule has 35 heavy (non-hydrogen) atoms. The summed E-state index contributed by atoms with van der Waals surface area (Å²) in [5.41, 5.74) is 0. The lowest BCUT2D eigenvalue weighted by Gasteiger charge is -2.36. The molecule has 1 fully saturated rings. The van der Waals surface area contributed by atoms with Crippen LogP contribution in [0.4, 0.5) is 0 Å². The number of piperazine rings is 1. The summed E-state index contributed by atoms with van der Waals surface area (Å²) in [6, 6.07) is 28.0. The van der Waals surface area contributed by atoms with E-state index in [4.69, 9.17) is 9.47 Å². The predicted octanol–water partition coefficient (Wildman–Crippen LogP) is 3.75. The molecular formula is C29H32N2O4. The van der Waals surface area contributed by atoms with Gasteiger partial charge < -0.3 is 19.7 Å². The fourth-order valence-electron chi connectivity index (χ4n) is 4.72. The number of hydrogen-bond acceptors (Lipinski definition) is 6. The summed E-state index contributed by atoms with van der Waals surface area (Å²) in [7, 11) is 0. The number of rotatable bonds is 9. The first kappa shape index (κ1) is 23.6. The number of benzene rings is 4. The van der Waals surface area contributed by atoms with Crippen molar-refractivity contribution in [2.24, 2.45) is 0 Å². The highest BCUT2D eigenvalue weighted by Crippen LogP contribution is 2.26. The Hall–Kier alpha value is -3.16. The Balaban J connectivity index is 1.06. The van der Waals surface area contributed by atoms with Crippen molar-refractivity contribution in [3.63, 3.8) is 0 Å². The zero-order valence-corrected chi connectivity index (χ0v) is 19.8. The van der Waals surface area contributed by atoms with Crippen LogP contribution >= 0.6 is 0 Å². The first-order valence-corrected chi connectivity index (χ1v) is 12.2. The fourth-order valence-corrected chi connectivity index (χ4v) is 4.72. The molecule has 0 aliphatic carbocycles. The van der Waals surface area contributed by atoms with Crippen LogP contribution in [0.5, 0.6) is 11.5 Å². The minimum atomic E-state index is -0.896. The molecule has 5 rings (SSSR count). The quantitative estimate of drug-likeness (QED) is 0.362. The third-order valence-corrected chi connectivity index (χ3v) is 6.54. The van der Waals surface area contributed by atoms with Gasteiger partial charge in [-0.3, -0.25) is 9.80 Å². The van der Waals surface area contributed by atoms with Crippen LogP contribution < -0.4 is 9.47 Å². The molecule has 6 heteroatoms. The van der Waals surface area contributed by atoms with Gasteiger partial charge in [0.1, 0.15) is 24.2 Å². The van der Waals surface area contributed by atoms with Crippen LogP contribution in [-0.4, -0.2) is 78.3 Å². The summed E-state index contributed by atoms with van der Waals surface area (Å²) >= 11 is 0.